The molecule has 0 aromatic heterocycles. The number of carbonyl (C=O) groups excluding carboxylic acids is 3. The molecular formula is C35H36N2O3. The summed E-state index contributed by atoms with van der Waals surface area (Å²) in [7, 11) is 0. The van der Waals surface area contributed by atoms with E-state index in [1.54, 1.807) is 0 Å². The molecule has 0 bridgehead atoms. The number of benzene rings is 4. The molecule has 4 rings (SSSR count). The van der Waals surface area contributed by atoms with Crippen molar-refractivity contribution in [2.24, 2.45) is 11.8 Å². The van der Waals surface area contributed by atoms with Crippen LogP contribution in [0, 0.1) is 11.8 Å². The molecule has 2 amide bonds. The molecule has 0 saturated carbocycles. The molecule has 2 atom stereocenters. The van der Waals surface area contributed by atoms with Crippen molar-refractivity contribution in [3.8, 4) is 22.3 Å². The van der Waals surface area contributed by atoms with Gasteiger partial charge in [-0.05, 0) is 47.2 Å². The minimum atomic E-state index is -0.200. The molecule has 0 aliphatic heterocycles. The van der Waals surface area contributed by atoms with Crippen molar-refractivity contribution >= 4 is 17.6 Å². The smallest absolute Gasteiger partial charge is 0.251 e. The van der Waals surface area contributed by atoms with Gasteiger partial charge in [-0.3, -0.25) is 14.4 Å². The summed E-state index contributed by atoms with van der Waals surface area (Å²) < 4.78 is 0. The standard InChI is InChI=1S/C35H36N2O3/c1-25(21-23-36-34(39)31-19-11-9-17-29(31)27-13-5-3-6-14-27)33(38)26(2)22-24-37-35(40)32-20-12-10-18-30(32)28-15-7-4-8-16-28/h3-20,25-26H,21-24H2,1-2H3,(H,36,39)(H,37,40). The lowest BCUT2D eigenvalue weighted by atomic mass is 9.90. The van der Waals surface area contributed by atoms with Crippen LogP contribution in [0.4, 0.5) is 0 Å². The van der Waals surface area contributed by atoms with Gasteiger partial charge in [0, 0.05) is 36.1 Å². The highest BCUT2D eigenvalue weighted by atomic mass is 16.2. The van der Waals surface area contributed by atoms with E-state index in [1.165, 1.54) is 0 Å². The Bertz CT molecular complexity index is 1320. The third-order valence-electron chi connectivity index (χ3n) is 7.21. The fourth-order valence-electron chi connectivity index (χ4n) is 4.87. The van der Waals surface area contributed by atoms with Crippen molar-refractivity contribution in [2.75, 3.05) is 13.1 Å². The second kappa shape index (κ2) is 14.0. The lowest BCUT2D eigenvalue weighted by Crippen LogP contribution is -2.31. The summed E-state index contributed by atoms with van der Waals surface area (Å²) in [6.45, 7) is 4.62. The first kappa shape index (κ1) is 28.5. The van der Waals surface area contributed by atoms with Crippen LogP contribution in [0.3, 0.4) is 0 Å². The molecule has 204 valence electrons. The minimum Gasteiger partial charge on any atom is -0.352 e. The number of Topliss-reactive ketones (excluding diaryl/α,β-unsaturated/α-hetero) is 1. The molecule has 40 heavy (non-hydrogen) atoms. The van der Waals surface area contributed by atoms with E-state index < -0.39 is 0 Å². The Balaban J connectivity index is 1.24. The van der Waals surface area contributed by atoms with Crippen LogP contribution in [0.25, 0.3) is 22.3 Å². The van der Waals surface area contributed by atoms with Crippen LogP contribution in [-0.2, 0) is 4.79 Å². The quantitative estimate of drug-likeness (QED) is 0.211. The largest absolute Gasteiger partial charge is 0.352 e. The maximum atomic E-state index is 13.0. The molecule has 0 spiro atoms. The number of carbonyl (C=O) groups is 3. The normalized spacial score (nSPS) is 12.2. The molecule has 0 aliphatic rings. The van der Waals surface area contributed by atoms with Gasteiger partial charge in [0.1, 0.15) is 5.78 Å². The van der Waals surface area contributed by atoms with Crippen molar-refractivity contribution in [1.82, 2.24) is 10.6 Å². The van der Waals surface area contributed by atoms with Gasteiger partial charge in [0.2, 0.25) is 0 Å². The van der Waals surface area contributed by atoms with Gasteiger partial charge in [-0.25, -0.2) is 0 Å². The topological polar surface area (TPSA) is 75.3 Å². The summed E-state index contributed by atoms with van der Waals surface area (Å²) in [5, 5.41) is 5.96. The molecular weight excluding hydrogens is 496 g/mol. The summed E-state index contributed by atoms with van der Waals surface area (Å²) in [6, 6.07) is 34.7. The van der Waals surface area contributed by atoms with Crippen LogP contribution in [-0.4, -0.2) is 30.7 Å². The zero-order valence-electron chi connectivity index (χ0n) is 23.1. The van der Waals surface area contributed by atoms with Crippen molar-refractivity contribution in [2.45, 2.75) is 26.7 Å². The molecule has 0 saturated heterocycles. The van der Waals surface area contributed by atoms with Gasteiger partial charge in [0.25, 0.3) is 11.8 Å². The zero-order valence-corrected chi connectivity index (χ0v) is 23.1. The molecule has 4 aromatic rings. The molecule has 2 unspecified atom stereocenters. The van der Waals surface area contributed by atoms with E-state index in [4.69, 9.17) is 0 Å². The Morgan fingerprint density at radius 3 is 1.27 bits per heavy atom. The predicted octanol–water partition coefficient (Wildman–Crippen LogP) is 6.80. The summed E-state index contributed by atoms with van der Waals surface area (Å²) in [5.41, 5.74) is 4.97. The van der Waals surface area contributed by atoms with E-state index in [0.717, 1.165) is 22.3 Å². The number of nitrogens with one attached hydrogen (secondary N) is 2. The highest BCUT2D eigenvalue weighted by Crippen LogP contribution is 2.24. The van der Waals surface area contributed by atoms with E-state index in [0.29, 0.717) is 37.1 Å². The lowest BCUT2D eigenvalue weighted by Gasteiger charge is -2.17. The molecule has 2 N–H and O–H groups in total. The van der Waals surface area contributed by atoms with Crippen LogP contribution in [0.2, 0.25) is 0 Å². The van der Waals surface area contributed by atoms with Gasteiger partial charge in [0.15, 0.2) is 0 Å². The summed E-state index contributed by atoms with van der Waals surface area (Å²) in [6.07, 6.45) is 1.11. The Morgan fingerprint density at radius 1 is 0.525 bits per heavy atom. The molecule has 4 aromatic carbocycles. The average molecular weight is 533 g/mol. The number of hydrogen-bond acceptors (Lipinski definition) is 3. The number of hydrogen-bond donors (Lipinski definition) is 2. The summed E-state index contributed by atoms with van der Waals surface area (Å²) >= 11 is 0. The molecule has 0 heterocycles. The lowest BCUT2D eigenvalue weighted by molar-refractivity contribution is -0.126. The monoisotopic (exact) mass is 532 g/mol. The summed E-state index contributed by atoms with van der Waals surface area (Å²) in [5.74, 6) is -0.558. The van der Waals surface area contributed by atoms with Crippen LogP contribution in [0.15, 0.2) is 109 Å². The third-order valence-corrected chi connectivity index (χ3v) is 7.21. The molecule has 5 nitrogen and oxygen atoms in total. The van der Waals surface area contributed by atoms with Gasteiger partial charge in [-0.1, -0.05) is 111 Å². The fraction of sp³-hybridized carbons (Fsp3) is 0.229. The van der Waals surface area contributed by atoms with Crippen LogP contribution < -0.4 is 10.6 Å². The maximum absolute atomic E-state index is 13.0. The Morgan fingerprint density at radius 2 is 0.875 bits per heavy atom. The van der Waals surface area contributed by atoms with Gasteiger partial charge in [0.05, 0.1) is 0 Å². The SMILES string of the molecule is CC(CCNC(=O)c1ccccc1-c1ccccc1)C(=O)C(C)CCNC(=O)c1ccccc1-c1ccccc1. The predicted molar refractivity (Wildman–Crippen MR) is 161 cm³/mol. The van der Waals surface area contributed by atoms with E-state index in [2.05, 4.69) is 10.6 Å². The molecule has 0 aliphatic carbocycles. The fourth-order valence-corrected chi connectivity index (χ4v) is 4.87. The van der Waals surface area contributed by atoms with Crippen LogP contribution in [0.5, 0.6) is 0 Å². The number of rotatable bonds is 12. The maximum Gasteiger partial charge on any atom is 0.251 e. The van der Waals surface area contributed by atoms with Gasteiger partial charge in [-0.2, -0.15) is 0 Å². The minimum absolute atomic E-state index is 0.137. The van der Waals surface area contributed by atoms with Crippen LogP contribution >= 0.6 is 0 Å². The van der Waals surface area contributed by atoms with Gasteiger partial charge < -0.3 is 10.6 Å². The Labute approximate surface area is 236 Å². The van der Waals surface area contributed by atoms with E-state index in [9.17, 15) is 14.4 Å². The first-order valence-corrected chi connectivity index (χ1v) is 13.8. The van der Waals surface area contributed by atoms with Gasteiger partial charge >= 0.3 is 0 Å². The molecule has 5 heteroatoms. The van der Waals surface area contributed by atoms with Crippen molar-refractivity contribution < 1.29 is 14.4 Å². The molecule has 0 fully saturated rings. The highest BCUT2D eigenvalue weighted by molar-refractivity contribution is 6.01. The number of amides is 2. The third kappa shape index (κ3) is 7.32. The zero-order chi connectivity index (χ0) is 28.3. The highest BCUT2D eigenvalue weighted by Gasteiger charge is 2.21. The Kier molecular flexibility index (Phi) is 10.0. The second-order valence-electron chi connectivity index (χ2n) is 10.1. The summed E-state index contributed by atoms with van der Waals surface area (Å²) in [4.78, 5) is 38.8. The van der Waals surface area contributed by atoms with E-state index in [-0.39, 0.29) is 29.4 Å². The van der Waals surface area contributed by atoms with Gasteiger partial charge in [-0.15, -0.1) is 0 Å². The van der Waals surface area contributed by atoms with Crippen molar-refractivity contribution in [1.29, 1.82) is 0 Å². The second-order valence-corrected chi connectivity index (χ2v) is 10.1. The van der Waals surface area contributed by atoms with Crippen molar-refractivity contribution in [3.63, 3.8) is 0 Å². The van der Waals surface area contributed by atoms with Crippen LogP contribution in [0.1, 0.15) is 47.4 Å². The van der Waals surface area contributed by atoms with Crippen molar-refractivity contribution in [3.05, 3.63) is 120 Å². The van der Waals surface area contributed by atoms with E-state index >= 15 is 0 Å². The Hall–Kier alpha value is -4.51. The first-order chi connectivity index (χ1) is 19.5. The first-order valence-electron chi connectivity index (χ1n) is 13.8. The number of ketones is 1. The van der Waals surface area contributed by atoms with E-state index in [1.807, 2.05) is 123 Å². The molecule has 0 radical (unpaired) electrons. The average Bonchev–Trinajstić information content (AvgIpc) is 3.01.